The van der Waals surface area contributed by atoms with E-state index in [2.05, 4.69) is 16.6 Å². The molecule has 2 aromatic rings. The molecule has 6 heteroatoms. The van der Waals surface area contributed by atoms with Gasteiger partial charge in [-0.1, -0.05) is 43.3 Å². The van der Waals surface area contributed by atoms with Crippen LogP contribution in [0.2, 0.25) is 0 Å². The van der Waals surface area contributed by atoms with Crippen molar-refractivity contribution in [2.45, 2.75) is 17.7 Å². The second kappa shape index (κ2) is 8.60. The van der Waals surface area contributed by atoms with E-state index in [0.717, 1.165) is 5.56 Å². The van der Waals surface area contributed by atoms with Crippen LogP contribution in [0, 0.1) is 0 Å². The highest BCUT2D eigenvalue weighted by Crippen LogP contribution is 2.14. The summed E-state index contributed by atoms with van der Waals surface area (Å²) in [6.45, 7) is 6.17. The molecule has 0 saturated carbocycles. The van der Waals surface area contributed by atoms with E-state index in [1.54, 1.807) is 0 Å². The maximum atomic E-state index is 12.2. The first-order valence-corrected chi connectivity index (χ1v) is 9.46. The molecule has 0 fully saturated rings. The van der Waals surface area contributed by atoms with Crippen LogP contribution in [0.25, 0.3) is 0 Å². The summed E-state index contributed by atoms with van der Waals surface area (Å²) in [5.41, 5.74) is 1.57. The van der Waals surface area contributed by atoms with Gasteiger partial charge >= 0.3 is 0 Å². The molecule has 1 amide bonds. The molecule has 2 N–H and O–H groups in total. The van der Waals surface area contributed by atoms with Crippen LogP contribution >= 0.6 is 0 Å². The predicted octanol–water partition coefficient (Wildman–Crippen LogP) is 2.68. The molecular formula is C19H22N2O3S. The highest BCUT2D eigenvalue weighted by molar-refractivity contribution is 7.89. The lowest BCUT2D eigenvalue weighted by Gasteiger charge is -2.13. The molecule has 1 atom stereocenters. The second-order valence-electron chi connectivity index (χ2n) is 5.69. The molecule has 0 aliphatic heterocycles. The number of carbonyl (C=O) groups excluding carboxylic acids is 1. The van der Waals surface area contributed by atoms with Gasteiger partial charge in [-0.3, -0.25) is 4.79 Å². The third-order valence-electron chi connectivity index (χ3n) is 3.78. The normalized spacial score (nSPS) is 12.4. The van der Waals surface area contributed by atoms with E-state index in [1.807, 2.05) is 37.3 Å². The van der Waals surface area contributed by atoms with Crippen molar-refractivity contribution >= 4 is 15.9 Å². The lowest BCUT2D eigenvalue weighted by atomic mass is 10.0. The zero-order valence-electron chi connectivity index (χ0n) is 14.1. The Morgan fingerprint density at radius 1 is 1.12 bits per heavy atom. The van der Waals surface area contributed by atoms with Gasteiger partial charge in [-0.05, 0) is 35.7 Å². The monoisotopic (exact) mass is 358 g/mol. The smallest absolute Gasteiger partial charge is 0.251 e. The number of benzene rings is 2. The van der Waals surface area contributed by atoms with Gasteiger partial charge in [0.05, 0.1) is 4.90 Å². The van der Waals surface area contributed by atoms with Gasteiger partial charge in [-0.25, -0.2) is 13.1 Å². The van der Waals surface area contributed by atoms with E-state index < -0.39 is 10.0 Å². The molecule has 0 spiro atoms. The van der Waals surface area contributed by atoms with Gasteiger partial charge in [0.1, 0.15) is 0 Å². The summed E-state index contributed by atoms with van der Waals surface area (Å²) in [4.78, 5) is 12.3. The van der Waals surface area contributed by atoms with E-state index in [1.165, 1.54) is 30.3 Å². The van der Waals surface area contributed by atoms with E-state index in [0.29, 0.717) is 12.1 Å². The van der Waals surface area contributed by atoms with E-state index in [9.17, 15) is 13.2 Å². The Bertz CT molecular complexity index is 816. The summed E-state index contributed by atoms with van der Waals surface area (Å²) in [6.07, 6.45) is 1.47. The molecule has 0 bridgehead atoms. The molecule has 25 heavy (non-hydrogen) atoms. The fraction of sp³-hybridized carbons (Fsp3) is 0.211. The summed E-state index contributed by atoms with van der Waals surface area (Å²) in [5, 5.41) is 2.87. The minimum absolute atomic E-state index is 0.114. The molecule has 0 saturated heterocycles. The molecule has 0 aliphatic carbocycles. The minimum Gasteiger partial charge on any atom is -0.351 e. The zero-order valence-corrected chi connectivity index (χ0v) is 14.9. The highest BCUT2D eigenvalue weighted by Gasteiger charge is 2.14. The SMILES string of the molecule is C=CCNS(=O)(=O)c1ccc(C(=O)NCC(C)c2ccccc2)cc1. The molecule has 0 heterocycles. The number of carbonyl (C=O) groups is 1. The molecule has 2 aromatic carbocycles. The largest absolute Gasteiger partial charge is 0.351 e. The van der Waals surface area contributed by atoms with Crippen molar-refractivity contribution < 1.29 is 13.2 Å². The maximum absolute atomic E-state index is 12.2. The molecule has 2 rings (SSSR count). The maximum Gasteiger partial charge on any atom is 0.251 e. The summed E-state index contributed by atoms with van der Waals surface area (Å²) in [7, 11) is -3.58. The van der Waals surface area contributed by atoms with Crippen LogP contribution in [0.15, 0.2) is 72.1 Å². The van der Waals surface area contributed by atoms with Gasteiger partial charge in [0.15, 0.2) is 0 Å². The van der Waals surface area contributed by atoms with Crippen molar-refractivity contribution in [3.05, 3.63) is 78.4 Å². The van der Waals surface area contributed by atoms with Crippen LogP contribution in [0.4, 0.5) is 0 Å². The molecule has 0 aromatic heterocycles. The Kier molecular flexibility index (Phi) is 6.50. The quantitative estimate of drug-likeness (QED) is 0.713. The van der Waals surface area contributed by atoms with Crippen molar-refractivity contribution in [3.8, 4) is 0 Å². The first-order valence-electron chi connectivity index (χ1n) is 7.98. The van der Waals surface area contributed by atoms with Crippen molar-refractivity contribution in [1.82, 2.24) is 10.0 Å². The van der Waals surface area contributed by atoms with Crippen molar-refractivity contribution in [2.24, 2.45) is 0 Å². The summed E-state index contributed by atoms with van der Waals surface area (Å²) in [5.74, 6) is -0.0429. The van der Waals surface area contributed by atoms with Gasteiger partial charge in [0, 0.05) is 18.7 Å². The third-order valence-corrected chi connectivity index (χ3v) is 5.22. The highest BCUT2D eigenvalue weighted by atomic mass is 32.2. The van der Waals surface area contributed by atoms with Gasteiger partial charge in [-0.2, -0.15) is 0 Å². The van der Waals surface area contributed by atoms with E-state index in [-0.39, 0.29) is 23.3 Å². The number of nitrogens with one attached hydrogen (secondary N) is 2. The Balaban J connectivity index is 1.97. The molecule has 0 radical (unpaired) electrons. The van der Waals surface area contributed by atoms with Gasteiger partial charge in [0.25, 0.3) is 5.91 Å². The molecular weight excluding hydrogens is 336 g/mol. The molecule has 0 aliphatic rings. The number of rotatable bonds is 8. The number of hydrogen-bond acceptors (Lipinski definition) is 3. The molecule has 1 unspecified atom stereocenters. The zero-order chi connectivity index (χ0) is 18.3. The second-order valence-corrected chi connectivity index (χ2v) is 7.45. The van der Waals surface area contributed by atoms with Crippen molar-refractivity contribution in [3.63, 3.8) is 0 Å². The molecule has 5 nitrogen and oxygen atoms in total. The average molecular weight is 358 g/mol. The summed E-state index contributed by atoms with van der Waals surface area (Å²) in [6, 6.07) is 15.8. The van der Waals surface area contributed by atoms with E-state index >= 15 is 0 Å². The fourth-order valence-electron chi connectivity index (χ4n) is 2.28. The number of sulfonamides is 1. The minimum atomic E-state index is -3.58. The van der Waals surface area contributed by atoms with Crippen LogP contribution in [-0.4, -0.2) is 27.4 Å². The van der Waals surface area contributed by atoms with Crippen LogP contribution in [0.3, 0.4) is 0 Å². The van der Waals surface area contributed by atoms with Crippen molar-refractivity contribution in [1.29, 1.82) is 0 Å². The average Bonchev–Trinajstić information content (AvgIpc) is 2.65. The Morgan fingerprint density at radius 3 is 2.36 bits per heavy atom. The Morgan fingerprint density at radius 2 is 1.76 bits per heavy atom. The summed E-state index contributed by atoms with van der Waals surface area (Å²) < 4.78 is 26.4. The van der Waals surface area contributed by atoms with Crippen LogP contribution in [0.1, 0.15) is 28.8 Å². The predicted molar refractivity (Wildman–Crippen MR) is 99.0 cm³/mol. The van der Waals surface area contributed by atoms with Gasteiger partial charge < -0.3 is 5.32 Å². The standard InChI is InChI=1S/C19H22N2O3S/c1-3-13-21-25(23,24)18-11-9-17(10-12-18)19(22)20-14-15(2)16-7-5-4-6-8-16/h3-12,15,21H,1,13-14H2,2H3,(H,20,22). The third kappa shape index (κ3) is 5.27. The lowest BCUT2D eigenvalue weighted by Crippen LogP contribution is -2.27. The Labute approximate surface area is 148 Å². The van der Waals surface area contributed by atoms with Crippen LogP contribution in [0.5, 0.6) is 0 Å². The first kappa shape index (κ1) is 18.9. The van der Waals surface area contributed by atoms with Gasteiger partial charge in [0.2, 0.25) is 10.0 Å². The molecule has 132 valence electrons. The summed E-state index contributed by atoms with van der Waals surface area (Å²) >= 11 is 0. The van der Waals surface area contributed by atoms with Crippen LogP contribution in [-0.2, 0) is 10.0 Å². The van der Waals surface area contributed by atoms with E-state index in [4.69, 9.17) is 0 Å². The van der Waals surface area contributed by atoms with Crippen molar-refractivity contribution in [2.75, 3.05) is 13.1 Å². The number of amides is 1. The number of hydrogen-bond donors (Lipinski definition) is 2. The van der Waals surface area contributed by atoms with Gasteiger partial charge in [-0.15, -0.1) is 6.58 Å². The van der Waals surface area contributed by atoms with Crippen LogP contribution < -0.4 is 10.0 Å². The Hall–Kier alpha value is -2.44. The lowest BCUT2D eigenvalue weighted by molar-refractivity contribution is 0.0951. The fourth-order valence-corrected chi connectivity index (χ4v) is 3.28. The first-order chi connectivity index (χ1) is 11.9. The topological polar surface area (TPSA) is 75.3 Å².